The van der Waals surface area contributed by atoms with Gasteiger partial charge in [0.1, 0.15) is 12.3 Å². The number of rotatable bonds is 10. The first-order chi connectivity index (χ1) is 16.0. The van der Waals surface area contributed by atoms with Gasteiger partial charge in [0.2, 0.25) is 0 Å². The first-order valence-corrected chi connectivity index (χ1v) is 10.5. The van der Waals surface area contributed by atoms with Crippen LogP contribution in [0.1, 0.15) is 27.5 Å². The number of ether oxygens (including phenoxy) is 2. The lowest BCUT2D eigenvalue weighted by atomic mass is 9.99. The van der Waals surface area contributed by atoms with Crippen molar-refractivity contribution in [2.75, 3.05) is 20.3 Å². The second kappa shape index (κ2) is 12.0. The van der Waals surface area contributed by atoms with Crippen molar-refractivity contribution in [1.29, 1.82) is 0 Å². The Kier molecular flexibility index (Phi) is 8.59. The van der Waals surface area contributed by atoms with Crippen molar-refractivity contribution < 1.29 is 23.9 Å². The SMILES string of the molecule is COc1cccc(C(=O)NCC(=O)OCC(=O)NC(Cc2ccccc2)c2ccccc2)c1. The maximum Gasteiger partial charge on any atom is 0.325 e. The number of hydrogen-bond donors (Lipinski definition) is 2. The molecule has 0 radical (unpaired) electrons. The van der Waals surface area contributed by atoms with Crippen LogP contribution in [0.4, 0.5) is 0 Å². The molecule has 0 saturated heterocycles. The monoisotopic (exact) mass is 446 g/mol. The molecule has 7 heteroatoms. The van der Waals surface area contributed by atoms with Crippen molar-refractivity contribution in [2.45, 2.75) is 12.5 Å². The Bertz CT molecular complexity index is 1070. The van der Waals surface area contributed by atoms with Crippen LogP contribution in [0.5, 0.6) is 5.75 Å². The summed E-state index contributed by atoms with van der Waals surface area (Å²) in [4.78, 5) is 36.7. The summed E-state index contributed by atoms with van der Waals surface area (Å²) in [6.45, 7) is -0.790. The molecule has 0 aliphatic heterocycles. The van der Waals surface area contributed by atoms with Crippen molar-refractivity contribution >= 4 is 17.8 Å². The summed E-state index contributed by atoms with van der Waals surface area (Å²) in [6.07, 6.45) is 0.598. The van der Waals surface area contributed by atoms with Crippen molar-refractivity contribution in [3.05, 3.63) is 102 Å². The van der Waals surface area contributed by atoms with Crippen LogP contribution in [0.25, 0.3) is 0 Å². The molecular formula is C26H26N2O5. The largest absolute Gasteiger partial charge is 0.497 e. The summed E-state index contributed by atoms with van der Waals surface area (Å²) in [7, 11) is 1.50. The molecule has 0 spiro atoms. The maximum atomic E-state index is 12.5. The number of hydrogen-bond acceptors (Lipinski definition) is 5. The molecule has 3 rings (SSSR count). The van der Waals surface area contributed by atoms with Gasteiger partial charge in [0.05, 0.1) is 13.2 Å². The predicted octanol–water partition coefficient (Wildman–Crippen LogP) is 3.07. The van der Waals surface area contributed by atoms with Crippen LogP contribution in [0, 0.1) is 0 Å². The van der Waals surface area contributed by atoms with E-state index in [4.69, 9.17) is 9.47 Å². The molecule has 2 amide bonds. The molecule has 0 aromatic heterocycles. The lowest BCUT2D eigenvalue weighted by Gasteiger charge is -2.19. The molecule has 0 aliphatic rings. The Balaban J connectivity index is 1.49. The van der Waals surface area contributed by atoms with E-state index >= 15 is 0 Å². The van der Waals surface area contributed by atoms with Gasteiger partial charge in [0, 0.05) is 5.56 Å². The van der Waals surface area contributed by atoms with E-state index in [1.54, 1.807) is 24.3 Å². The van der Waals surface area contributed by atoms with E-state index < -0.39 is 24.4 Å². The van der Waals surface area contributed by atoms with Gasteiger partial charge in [-0.05, 0) is 35.7 Å². The highest BCUT2D eigenvalue weighted by molar-refractivity contribution is 5.96. The van der Waals surface area contributed by atoms with Gasteiger partial charge < -0.3 is 20.1 Å². The van der Waals surface area contributed by atoms with Crippen molar-refractivity contribution in [3.63, 3.8) is 0 Å². The van der Waals surface area contributed by atoms with Crippen LogP contribution in [0.2, 0.25) is 0 Å². The summed E-state index contributed by atoms with van der Waals surface area (Å²) < 4.78 is 10.1. The van der Waals surface area contributed by atoms with E-state index in [1.165, 1.54) is 7.11 Å². The number of esters is 1. The Morgan fingerprint density at radius 2 is 1.58 bits per heavy atom. The van der Waals surface area contributed by atoms with E-state index in [0.717, 1.165) is 11.1 Å². The van der Waals surface area contributed by atoms with Crippen molar-refractivity contribution in [1.82, 2.24) is 10.6 Å². The fourth-order valence-corrected chi connectivity index (χ4v) is 3.24. The number of amides is 2. The standard InChI is InChI=1S/C26H26N2O5/c1-32-22-14-8-13-21(16-22)26(31)27-17-25(30)33-18-24(29)28-23(20-11-6-3-7-12-20)15-19-9-4-2-5-10-19/h2-14,16,23H,15,17-18H2,1H3,(H,27,31)(H,28,29). The zero-order valence-electron chi connectivity index (χ0n) is 18.3. The smallest absolute Gasteiger partial charge is 0.325 e. The average molecular weight is 447 g/mol. The normalized spacial score (nSPS) is 11.2. The molecule has 1 unspecified atom stereocenters. The van der Waals surface area contributed by atoms with Crippen LogP contribution < -0.4 is 15.4 Å². The molecule has 0 aliphatic carbocycles. The van der Waals surface area contributed by atoms with E-state index in [9.17, 15) is 14.4 Å². The molecule has 0 fully saturated rings. The average Bonchev–Trinajstić information content (AvgIpc) is 2.86. The second-order valence-corrected chi connectivity index (χ2v) is 7.30. The molecule has 3 aromatic rings. The first kappa shape index (κ1) is 23.5. The van der Waals surface area contributed by atoms with Gasteiger partial charge in [-0.2, -0.15) is 0 Å². The summed E-state index contributed by atoms with van der Waals surface area (Å²) in [5.41, 5.74) is 2.38. The number of nitrogens with one attached hydrogen (secondary N) is 2. The number of benzene rings is 3. The number of methoxy groups -OCH3 is 1. The van der Waals surface area contributed by atoms with Crippen LogP contribution >= 0.6 is 0 Å². The molecule has 2 N–H and O–H groups in total. The quantitative estimate of drug-likeness (QED) is 0.467. The second-order valence-electron chi connectivity index (χ2n) is 7.30. The number of carbonyl (C=O) groups excluding carboxylic acids is 3. The van der Waals surface area contributed by atoms with Gasteiger partial charge >= 0.3 is 5.97 Å². The van der Waals surface area contributed by atoms with Crippen molar-refractivity contribution in [2.24, 2.45) is 0 Å². The first-order valence-electron chi connectivity index (χ1n) is 10.5. The van der Waals surface area contributed by atoms with Gasteiger partial charge in [-0.3, -0.25) is 14.4 Å². The fourth-order valence-electron chi connectivity index (χ4n) is 3.24. The van der Waals surface area contributed by atoms with Crippen LogP contribution in [0.15, 0.2) is 84.9 Å². The van der Waals surface area contributed by atoms with E-state index in [1.807, 2.05) is 60.7 Å². The van der Waals surface area contributed by atoms with E-state index in [2.05, 4.69) is 10.6 Å². The third-order valence-electron chi connectivity index (χ3n) is 4.91. The highest BCUT2D eigenvalue weighted by Crippen LogP contribution is 2.18. The Hall–Kier alpha value is -4.13. The minimum Gasteiger partial charge on any atom is -0.497 e. The fraction of sp³-hybridized carbons (Fsp3) is 0.192. The highest BCUT2D eigenvalue weighted by Gasteiger charge is 2.17. The molecule has 0 saturated carbocycles. The van der Waals surface area contributed by atoms with Gasteiger partial charge in [0.15, 0.2) is 6.61 Å². The zero-order chi connectivity index (χ0) is 23.5. The molecule has 1 atom stereocenters. The molecule has 3 aromatic carbocycles. The minimum atomic E-state index is -0.708. The highest BCUT2D eigenvalue weighted by atomic mass is 16.5. The maximum absolute atomic E-state index is 12.5. The summed E-state index contributed by atoms with van der Waals surface area (Å²) >= 11 is 0. The summed E-state index contributed by atoms with van der Waals surface area (Å²) in [6, 6.07) is 25.7. The van der Waals surface area contributed by atoms with E-state index in [-0.39, 0.29) is 12.6 Å². The molecule has 33 heavy (non-hydrogen) atoms. The Labute approximate surface area is 192 Å². The van der Waals surface area contributed by atoms with Crippen LogP contribution in [0.3, 0.4) is 0 Å². The van der Waals surface area contributed by atoms with Gasteiger partial charge in [-0.1, -0.05) is 66.7 Å². The lowest BCUT2D eigenvalue weighted by molar-refractivity contribution is -0.147. The third-order valence-corrected chi connectivity index (χ3v) is 4.91. The van der Waals surface area contributed by atoms with Crippen LogP contribution in [-0.4, -0.2) is 38.0 Å². The third kappa shape index (κ3) is 7.50. The predicted molar refractivity (Wildman–Crippen MR) is 124 cm³/mol. The zero-order valence-corrected chi connectivity index (χ0v) is 18.3. The molecule has 0 heterocycles. The van der Waals surface area contributed by atoms with Gasteiger partial charge in [-0.15, -0.1) is 0 Å². The minimum absolute atomic E-state index is 0.271. The number of carbonyl (C=O) groups is 3. The lowest BCUT2D eigenvalue weighted by Crippen LogP contribution is -2.36. The summed E-state index contributed by atoms with van der Waals surface area (Å²) in [5, 5.41) is 5.40. The van der Waals surface area contributed by atoms with Gasteiger partial charge in [0.25, 0.3) is 11.8 Å². The topological polar surface area (TPSA) is 93.7 Å². The molecule has 0 bridgehead atoms. The Morgan fingerprint density at radius 1 is 0.879 bits per heavy atom. The molecular weight excluding hydrogens is 420 g/mol. The Morgan fingerprint density at radius 3 is 2.27 bits per heavy atom. The molecule has 170 valence electrons. The summed E-state index contributed by atoms with van der Waals surface area (Å²) in [5.74, 6) is -1.04. The van der Waals surface area contributed by atoms with E-state index in [0.29, 0.717) is 17.7 Å². The van der Waals surface area contributed by atoms with Crippen molar-refractivity contribution in [3.8, 4) is 5.75 Å². The molecule has 7 nitrogen and oxygen atoms in total. The van der Waals surface area contributed by atoms with Crippen LogP contribution in [-0.2, 0) is 20.7 Å². The van der Waals surface area contributed by atoms with Gasteiger partial charge in [-0.25, -0.2) is 0 Å².